The maximum absolute atomic E-state index is 13.3. The molecule has 0 fully saturated rings. The smallest absolute Gasteiger partial charge is 0.171 e. The Morgan fingerprint density at radius 3 is 0.589 bits per heavy atom. The highest BCUT2D eigenvalue weighted by Gasteiger charge is 2.62. The highest BCUT2D eigenvalue weighted by molar-refractivity contribution is 4.98. The van der Waals surface area contributed by atoms with Crippen LogP contribution in [0.2, 0.25) is 0 Å². The van der Waals surface area contributed by atoms with E-state index in [2.05, 4.69) is 0 Å². The molecule has 24 heteroatoms. The fraction of sp³-hybridized carbons (Fsp3) is 1.00. The van der Waals surface area contributed by atoms with Crippen LogP contribution in [0.4, 0.5) is 105 Å². The second kappa shape index (κ2) is 50.5. The van der Waals surface area contributed by atoms with Crippen LogP contribution >= 0.6 is 0 Å². The van der Waals surface area contributed by atoms with E-state index in [1.807, 2.05) is 145 Å². The van der Waals surface area contributed by atoms with E-state index in [0.29, 0.717) is 77.0 Å². The summed E-state index contributed by atoms with van der Waals surface area (Å²) in [5.41, 5.74) is -13.6. The Hall–Kier alpha value is -1.68. The standard InChI is InChI=1S/C13H25F3.2C12H23F3.2C11H21F3.2C10H19F3.C9H17F3/c1-7-8-12(6,13(14,15)16)11(9(2)3)10(4)5;1-7-11(6,12(13,14)15)10(8(2)3)9(4)5;1-6-9-11(5,12(13,14)15)10(4,7-2)8-3;1-6-9(4,7-2)10(5,8-3)11(12,13)14;1-5-8-10(4,11(12,13)14)9(6-2)7-3;1-5-6-9(4,7-8(2)3)10(11,12)13;1-5-8(6-2)9(4,7-3)10(11,12)13;1-6(2)8(5,7(3)4)9(10,11)12/h9-11H,7-8H2,1-6H3;8-10H,7H2,1-6H3;6-9H2,1-5H3;6-8H2,1-5H3;9H,5-8H2,1-4H3;2*8H,5-7H2,1-4H3;6-7H,1-5H3. The van der Waals surface area contributed by atoms with Gasteiger partial charge in [0, 0.05) is 0 Å². The molecule has 112 heavy (non-hydrogen) atoms. The Bertz CT molecular complexity index is 2310. The molecule has 0 aromatic carbocycles. The van der Waals surface area contributed by atoms with Gasteiger partial charge in [-0.2, -0.15) is 105 Å². The van der Waals surface area contributed by atoms with Gasteiger partial charge in [0.25, 0.3) is 0 Å². The molecule has 0 aromatic rings. The Labute approximate surface area is 670 Å². The van der Waals surface area contributed by atoms with Crippen LogP contribution < -0.4 is 0 Å². The summed E-state index contributed by atoms with van der Waals surface area (Å²) in [5.74, 6) is -1.58. The van der Waals surface area contributed by atoms with E-state index in [4.69, 9.17) is 0 Å². The number of hydrogen-bond acceptors (Lipinski definition) is 0. The molecule has 0 aliphatic heterocycles. The first-order chi connectivity index (χ1) is 49.5. The maximum atomic E-state index is 13.3. The molecule has 7 unspecified atom stereocenters. The van der Waals surface area contributed by atoms with Gasteiger partial charge in [0.15, 0.2) is 0 Å². The van der Waals surface area contributed by atoms with Crippen molar-refractivity contribution in [3.05, 3.63) is 0 Å². The van der Waals surface area contributed by atoms with E-state index in [1.54, 1.807) is 69.2 Å². The van der Waals surface area contributed by atoms with Crippen LogP contribution in [0.1, 0.15) is 398 Å². The lowest BCUT2D eigenvalue weighted by Crippen LogP contribution is -2.48. The minimum Gasteiger partial charge on any atom is -0.171 e. The minimum absolute atomic E-state index is 0.0524. The quantitative estimate of drug-likeness (QED) is 0.0575. The number of alkyl halides is 24. The summed E-state index contributed by atoms with van der Waals surface area (Å²) in [6.07, 6.45) is -24.1. The van der Waals surface area contributed by atoms with Crippen LogP contribution in [0, 0.1) is 119 Å². The Morgan fingerprint density at radius 2 is 0.455 bits per heavy atom. The first-order valence-corrected chi connectivity index (χ1v) is 42.1. The van der Waals surface area contributed by atoms with Gasteiger partial charge in [-0.15, -0.1) is 0 Å². The lowest BCUT2D eigenvalue weighted by atomic mass is 9.60. The average Bonchev–Trinajstić information content (AvgIpc) is 0.859. The molecule has 0 spiro atoms. The molecule has 688 valence electrons. The number of halogens is 24. The fourth-order valence-corrected chi connectivity index (χ4v) is 17.8. The molecule has 0 aromatic heterocycles. The monoisotopic (exact) mass is 1680 g/mol. The predicted molar refractivity (Wildman–Crippen MR) is 425 cm³/mol. The second-order valence-electron chi connectivity index (χ2n) is 36.7. The molecule has 0 saturated heterocycles. The van der Waals surface area contributed by atoms with Gasteiger partial charge < -0.3 is 0 Å². The van der Waals surface area contributed by atoms with Crippen molar-refractivity contribution >= 4 is 0 Å². The van der Waals surface area contributed by atoms with E-state index in [9.17, 15) is 105 Å². The number of rotatable bonds is 33. The van der Waals surface area contributed by atoms with Gasteiger partial charge in [0.1, 0.15) is 0 Å². The van der Waals surface area contributed by atoms with Gasteiger partial charge >= 0.3 is 49.4 Å². The van der Waals surface area contributed by atoms with Gasteiger partial charge in [-0.25, -0.2) is 0 Å². The van der Waals surface area contributed by atoms with Crippen molar-refractivity contribution in [1.82, 2.24) is 0 Å². The Kier molecular flexibility index (Phi) is 56.8. The number of hydrogen-bond donors (Lipinski definition) is 0. The van der Waals surface area contributed by atoms with Crippen LogP contribution in [0.15, 0.2) is 0 Å². The first-order valence-electron chi connectivity index (χ1n) is 42.1. The zero-order valence-electron chi connectivity index (χ0n) is 77.6. The highest BCUT2D eigenvalue weighted by Crippen LogP contribution is 2.60. The summed E-state index contributed by atoms with van der Waals surface area (Å²) in [6, 6.07) is 0. The SMILES string of the molecule is CC(C)C(C)(C(C)C)C(F)(F)F.CCC(C)(C(C(C)C)C(C)C)C(F)(F)F.CCC(C)(CC)C(C)(CC)C(F)(F)F.CCC(CC)C(C)(CC)C(F)(F)F.CCCC(C)(C(C(C)C)C(C)C)C(F)(F)F.CCCC(C)(C(CC)CC)C(F)(F)F.CCCC(C)(C(F)(F)F)C(C)(CC)CC.CCCC(C)(CC(C)C)C(F)(F)F. The molecule has 0 nitrogen and oxygen atoms in total. The average molecular weight is 1680 g/mol. The summed E-state index contributed by atoms with van der Waals surface area (Å²) in [7, 11) is 0. The van der Waals surface area contributed by atoms with E-state index < -0.39 is 104 Å². The minimum atomic E-state index is -4.11. The first kappa shape index (κ1) is 126. The lowest BCUT2D eigenvalue weighted by molar-refractivity contribution is -0.261. The molecule has 0 saturated carbocycles. The van der Waals surface area contributed by atoms with Gasteiger partial charge in [0.2, 0.25) is 0 Å². The third kappa shape index (κ3) is 34.4. The van der Waals surface area contributed by atoms with Crippen LogP contribution in [0.5, 0.6) is 0 Å². The second-order valence-corrected chi connectivity index (χ2v) is 36.7. The summed E-state index contributed by atoms with van der Waals surface area (Å²) in [5, 5.41) is 0. The van der Waals surface area contributed by atoms with Gasteiger partial charge in [-0.1, -0.05) is 321 Å². The molecule has 0 bridgehead atoms. The van der Waals surface area contributed by atoms with Gasteiger partial charge in [-0.05, 0) is 153 Å². The topological polar surface area (TPSA) is 0 Å². The van der Waals surface area contributed by atoms with Crippen LogP contribution in [-0.4, -0.2) is 49.4 Å². The normalized spacial score (nSPS) is 17.2. The summed E-state index contributed by atoms with van der Waals surface area (Å²) >= 11 is 0. The molecule has 0 aliphatic carbocycles. The molecule has 0 aliphatic rings. The van der Waals surface area contributed by atoms with E-state index in [-0.39, 0.29) is 116 Å². The summed E-state index contributed by atoms with van der Waals surface area (Å²) < 4.78 is 310. The van der Waals surface area contributed by atoms with Crippen molar-refractivity contribution in [1.29, 1.82) is 0 Å². The van der Waals surface area contributed by atoms with Gasteiger partial charge in [-0.3, -0.25) is 0 Å². The Balaban J connectivity index is -0.000000184. The highest BCUT2D eigenvalue weighted by atomic mass is 19.4. The van der Waals surface area contributed by atoms with Crippen molar-refractivity contribution in [3.63, 3.8) is 0 Å². The molecule has 0 radical (unpaired) electrons. The van der Waals surface area contributed by atoms with Gasteiger partial charge in [0.05, 0.1) is 43.3 Å². The molecule has 0 heterocycles. The van der Waals surface area contributed by atoms with Crippen molar-refractivity contribution < 1.29 is 105 Å². The van der Waals surface area contributed by atoms with Crippen molar-refractivity contribution in [3.8, 4) is 0 Å². The largest absolute Gasteiger partial charge is 0.394 e. The van der Waals surface area contributed by atoms with E-state index >= 15 is 0 Å². The molecular formula is C88H168F24. The molecular weight excluding hydrogens is 1510 g/mol. The third-order valence-corrected chi connectivity index (χ3v) is 27.6. The molecule has 7 atom stereocenters. The third-order valence-electron chi connectivity index (χ3n) is 27.6. The summed E-state index contributed by atoms with van der Waals surface area (Å²) in [4.78, 5) is 0. The van der Waals surface area contributed by atoms with E-state index in [0.717, 1.165) is 0 Å². The molecule has 0 amide bonds. The summed E-state index contributed by atoms with van der Waals surface area (Å²) in [6.45, 7) is 66.4. The predicted octanol–water partition coefficient (Wildman–Crippen LogP) is 37.6. The molecule has 0 N–H and O–H groups in total. The fourth-order valence-electron chi connectivity index (χ4n) is 17.8. The maximum Gasteiger partial charge on any atom is 0.394 e. The van der Waals surface area contributed by atoms with Crippen molar-refractivity contribution in [2.24, 2.45) is 119 Å². The molecule has 0 rings (SSSR count). The zero-order valence-corrected chi connectivity index (χ0v) is 77.6. The van der Waals surface area contributed by atoms with Crippen LogP contribution in [0.3, 0.4) is 0 Å². The van der Waals surface area contributed by atoms with Crippen molar-refractivity contribution in [2.45, 2.75) is 448 Å². The lowest BCUT2D eigenvalue weighted by Gasteiger charge is -2.47. The van der Waals surface area contributed by atoms with Crippen molar-refractivity contribution in [2.75, 3.05) is 0 Å². The Morgan fingerprint density at radius 1 is 0.214 bits per heavy atom. The van der Waals surface area contributed by atoms with E-state index in [1.165, 1.54) is 55.4 Å². The van der Waals surface area contributed by atoms with Crippen LogP contribution in [-0.2, 0) is 0 Å². The zero-order chi connectivity index (χ0) is 92.5. The van der Waals surface area contributed by atoms with Crippen LogP contribution in [0.25, 0.3) is 0 Å².